The van der Waals surface area contributed by atoms with Crippen molar-refractivity contribution in [2.45, 2.75) is 32.4 Å². The van der Waals surface area contributed by atoms with Gasteiger partial charge in [0.15, 0.2) is 0 Å². The van der Waals surface area contributed by atoms with E-state index < -0.39 is 17.4 Å². The lowest BCUT2D eigenvalue weighted by Gasteiger charge is -2.39. The second-order valence-corrected chi connectivity index (χ2v) is 6.94. The van der Waals surface area contributed by atoms with E-state index in [0.717, 1.165) is 11.1 Å². The zero-order valence-electron chi connectivity index (χ0n) is 15.5. The summed E-state index contributed by atoms with van der Waals surface area (Å²) in [6.07, 6.45) is 1.07. The summed E-state index contributed by atoms with van der Waals surface area (Å²) in [7, 11) is 0. The predicted molar refractivity (Wildman–Crippen MR) is 102 cm³/mol. The van der Waals surface area contributed by atoms with E-state index in [1.54, 1.807) is 0 Å². The van der Waals surface area contributed by atoms with Crippen molar-refractivity contribution in [3.05, 3.63) is 71.8 Å². The van der Waals surface area contributed by atoms with E-state index >= 15 is 0 Å². The van der Waals surface area contributed by atoms with Gasteiger partial charge in [-0.2, -0.15) is 0 Å². The second-order valence-electron chi connectivity index (χ2n) is 6.94. The fourth-order valence-corrected chi connectivity index (χ4v) is 3.03. The lowest BCUT2D eigenvalue weighted by atomic mass is 9.82. The molecule has 3 rings (SSSR count). The molecule has 2 aromatic rings. The molecule has 2 aromatic carbocycles. The highest BCUT2D eigenvalue weighted by molar-refractivity contribution is 5.89. The largest absolute Gasteiger partial charge is 0.459 e. The highest BCUT2D eigenvalue weighted by Gasteiger charge is 2.45. The molecule has 0 spiro atoms. The van der Waals surface area contributed by atoms with Crippen LogP contribution in [0.3, 0.4) is 0 Å². The van der Waals surface area contributed by atoms with Crippen molar-refractivity contribution in [1.82, 2.24) is 5.32 Å². The molecule has 142 valence electrons. The number of esters is 1. The van der Waals surface area contributed by atoms with Gasteiger partial charge in [0.1, 0.15) is 12.6 Å². The monoisotopic (exact) mass is 367 g/mol. The van der Waals surface area contributed by atoms with Crippen LogP contribution in [-0.4, -0.2) is 31.1 Å². The Morgan fingerprint density at radius 3 is 2.15 bits per heavy atom. The number of carbonyl (C=O) groups is 2. The van der Waals surface area contributed by atoms with Crippen molar-refractivity contribution in [3.63, 3.8) is 0 Å². The summed E-state index contributed by atoms with van der Waals surface area (Å²) in [6, 6.07) is 18.4. The first-order valence-corrected chi connectivity index (χ1v) is 9.26. The smallest absolute Gasteiger partial charge is 0.329 e. The number of ether oxygens (including phenoxy) is 2. The van der Waals surface area contributed by atoms with Crippen LogP contribution in [0.25, 0.3) is 0 Å². The van der Waals surface area contributed by atoms with Gasteiger partial charge in [-0.15, -0.1) is 0 Å². The van der Waals surface area contributed by atoms with Crippen LogP contribution in [-0.2, 0) is 32.1 Å². The van der Waals surface area contributed by atoms with Gasteiger partial charge in [0, 0.05) is 6.42 Å². The van der Waals surface area contributed by atoms with Crippen molar-refractivity contribution in [2.24, 2.45) is 5.41 Å². The molecule has 1 atom stereocenters. The zero-order chi connectivity index (χ0) is 19.1. The number of hydrogen-bond donors (Lipinski definition) is 1. The van der Waals surface area contributed by atoms with Crippen LogP contribution >= 0.6 is 0 Å². The number of rotatable bonds is 8. The van der Waals surface area contributed by atoms with Crippen LogP contribution in [0.4, 0.5) is 0 Å². The van der Waals surface area contributed by atoms with Gasteiger partial charge in [-0.25, -0.2) is 4.79 Å². The van der Waals surface area contributed by atoms with Crippen molar-refractivity contribution in [2.75, 3.05) is 13.2 Å². The topological polar surface area (TPSA) is 64.6 Å². The van der Waals surface area contributed by atoms with Gasteiger partial charge in [-0.05, 0) is 17.5 Å². The lowest BCUT2D eigenvalue weighted by molar-refractivity contribution is -0.166. The van der Waals surface area contributed by atoms with Crippen molar-refractivity contribution >= 4 is 11.9 Å². The molecule has 0 saturated carbocycles. The minimum absolute atomic E-state index is 0.145. The third-order valence-corrected chi connectivity index (χ3v) is 5.01. The molecule has 1 heterocycles. The van der Waals surface area contributed by atoms with Crippen molar-refractivity contribution < 1.29 is 19.1 Å². The molecule has 1 N–H and O–H groups in total. The van der Waals surface area contributed by atoms with E-state index in [-0.39, 0.29) is 12.5 Å². The molecule has 1 saturated heterocycles. The summed E-state index contributed by atoms with van der Waals surface area (Å²) in [4.78, 5) is 25.5. The van der Waals surface area contributed by atoms with E-state index in [9.17, 15) is 9.59 Å². The predicted octanol–water partition coefficient (Wildman–Crippen LogP) is 2.88. The van der Waals surface area contributed by atoms with Crippen molar-refractivity contribution in [3.8, 4) is 0 Å². The van der Waals surface area contributed by atoms with Gasteiger partial charge in [0.2, 0.25) is 5.91 Å². The molecule has 0 radical (unpaired) electrons. The van der Waals surface area contributed by atoms with Crippen LogP contribution in [0.5, 0.6) is 0 Å². The summed E-state index contributed by atoms with van der Waals surface area (Å²) in [6.45, 7) is 2.93. The molecular formula is C22H25NO4. The van der Waals surface area contributed by atoms with E-state index in [1.807, 2.05) is 67.6 Å². The molecule has 1 unspecified atom stereocenters. The Balaban J connectivity index is 1.68. The van der Waals surface area contributed by atoms with Crippen LogP contribution in [0.1, 0.15) is 24.5 Å². The summed E-state index contributed by atoms with van der Waals surface area (Å²) in [5, 5.41) is 2.90. The molecule has 1 amide bonds. The third-order valence-electron chi connectivity index (χ3n) is 5.01. The summed E-state index contributed by atoms with van der Waals surface area (Å²) in [5.74, 6) is -0.573. The Labute approximate surface area is 159 Å². The van der Waals surface area contributed by atoms with Crippen LogP contribution < -0.4 is 5.32 Å². The number of benzene rings is 2. The molecule has 27 heavy (non-hydrogen) atoms. The molecule has 5 heteroatoms. The summed E-state index contributed by atoms with van der Waals surface area (Å²) in [5.41, 5.74) is 1.34. The van der Waals surface area contributed by atoms with Crippen LogP contribution in [0.2, 0.25) is 0 Å². The lowest BCUT2D eigenvalue weighted by Crippen LogP contribution is -2.57. The van der Waals surface area contributed by atoms with Crippen LogP contribution in [0.15, 0.2) is 60.7 Å². The SMILES string of the molecule is CCC1(C(=O)NC(Cc2ccccc2)C(=O)OCc2ccccc2)COC1. The second kappa shape index (κ2) is 8.82. The number of amides is 1. The molecular weight excluding hydrogens is 342 g/mol. The number of carbonyl (C=O) groups excluding carboxylic acids is 2. The Bertz CT molecular complexity index is 751. The molecule has 1 aliphatic heterocycles. The summed E-state index contributed by atoms with van der Waals surface area (Å²) >= 11 is 0. The highest BCUT2D eigenvalue weighted by Crippen LogP contribution is 2.31. The molecule has 0 aliphatic carbocycles. The number of nitrogens with one attached hydrogen (secondary N) is 1. The standard InChI is InChI=1S/C22H25NO4/c1-2-22(15-26-16-22)21(25)23-19(13-17-9-5-3-6-10-17)20(24)27-14-18-11-7-4-8-12-18/h3-12,19H,2,13-16H2,1H3,(H,23,25). The third kappa shape index (κ3) is 4.74. The zero-order valence-corrected chi connectivity index (χ0v) is 15.5. The quantitative estimate of drug-likeness (QED) is 0.729. The van der Waals surface area contributed by atoms with E-state index in [2.05, 4.69) is 5.32 Å². The summed E-state index contributed by atoms with van der Waals surface area (Å²) < 4.78 is 10.7. The fraction of sp³-hybridized carbons (Fsp3) is 0.364. The molecule has 5 nitrogen and oxygen atoms in total. The Morgan fingerprint density at radius 2 is 1.63 bits per heavy atom. The molecule has 0 aromatic heterocycles. The average molecular weight is 367 g/mol. The maximum atomic E-state index is 12.8. The Kier molecular flexibility index (Phi) is 6.24. The van der Waals surface area contributed by atoms with Gasteiger partial charge >= 0.3 is 5.97 Å². The first-order valence-electron chi connectivity index (χ1n) is 9.26. The van der Waals surface area contributed by atoms with Crippen molar-refractivity contribution in [1.29, 1.82) is 0 Å². The maximum absolute atomic E-state index is 12.8. The normalized spacial score (nSPS) is 16.0. The van der Waals surface area contributed by atoms with Gasteiger partial charge in [-0.1, -0.05) is 67.6 Å². The van der Waals surface area contributed by atoms with E-state index in [4.69, 9.17) is 9.47 Å². The highest BCUT2D eigenvalue weighted by atomic mass is 16.5. The molecule has 1 aliphatic rings. The minimum atomic E-state index is -0.729. The van der Waals surface area contributed by atoms with Gasteiger partial charge in [0.05, 0.1) is 18.6 Å². The Morgan fingerprint density at radius 1 is 1.04 bits per heavy atom. The van der Waals surface area contributed by atoms with Gasteiger partial charge in [0.25, 0.3) is 0 Å². The van der Waals surface area contributed by atoms with Gasteiger partial charge < -0.3 is 14.8 Å². The first kappa shape index (κ1) is 19.1. The maximum Gasteiger partial charge on any atom is 0.329 e. The Hall–Kier alpha value is -2.66. The van der Waals surface area contributed by atoms with Crippen LogP contribution in [0, 0.1) is 5.41 Å². The average Bonchev–Trinajstić information content (AvgIpc) is 2.67. The molecule has 1 fully saturated rings. The van der Waals surface area contributed by atoms with Gasteiger partial charge in [-0.3, -0.25) is 4.79 Å². The molecule has 0 bridgehead atoms. The van der Waals surface area contributed by atoms with E-state index in [1.165, 1.54) is 0 Å². The fourth-order valence-electron chi connectivity index (χ4n) is 3.03. The number of hydrogen-bond acceptors (Lipinski definition) is 4. The minimum Gasteiger partial charge on any atom is -0.459 e. The van der Waals surface area contributed by atoms with E-state index in [0.29, 0.717) is 26.1 Å². The first-order chi connectivity index (χ1) is 13.1.